The van der Waals surface area contributed by atoms with Crippen molar-refractivity contribution in [1.82, 2.24) is 9.97 Å². The molecule has 0 atom stereocenters. The van der Waals surface area contributed by atoms with Crippen LogP contribution in [0.3, 0.4) is 0 Å². The van der Waals surface area contributed by atoms with Gasteiger partial charge in [-0.3, -0.25) is 11.3 Å². The van der Waals surface area contributed by atoms with Gasteiger partial charge in [0.15, 0.2) is 0 Å². The summed E-state index contributed by atoms with van der Waals surface area (Å²) in [5.74, 6) is 0.958. The van der Waals surface area contributed by atoms with Crippen LogP contribution in [0, 0.1) is 23.3 Å². The molecule has 4 aromatic carbocycles. The van der Waals surface area contributed by atoms with Crippen LogP contribution in [-0.4, -0.2) is 51.9 Å². The Balaban J connectivity index is 0.000000395. The van der Waals surface area contributed by atoms with Gasteiger partial charge in [-0.15, -0.1) is 12.4 Å². The van der Waals surface area contributed by atoms with Crippen molar-refractivity contribution >= 4 is 116 Å². The van der Waals surface area contributed by atoms with Crippen LogP contribution >= 0.6 is 58.8 Å². The van der Waals surface area contributed by atoms with E-state index in [1.54, 1.807) is 13.8 Å². The van der Waals surface area contributed by atoms with Crippen LogP contribution in [0.2, 0.25) is 20.1 Å². The standard InChI is InChI=1S/C11H12ClFN2O2.C11H9ClFNO2.C9H5ClFNO2.C6H6ClFN2.CH4.ClH/c1-3-17-11(16)7(2)14-15-8-4-5-10(13)9(12)6-8;1-2-16-11(15)10-4-6-3-8(13)7(12)5-9(6)14-10;10-5-3-7-4(1-6(5)11)2-8(12-7)9(13)14;7-5-3-4(10-9)1-2-6(5)8;;/h4-6,15H,3H2,1-2H3;3-5,14H,2H2,1H3;1-3,12H,(H,13,14);1-3,10H,9H2;1H4;1H/b14-7-;;;;;. The third kappa shape index (κ3) is 15.5. The van der Waals surface area contributed by atoms with E-state index in [9.17, 15) is 31.9 Å². The molecular formula is C38H37Cl5F4N6O6. The summed E-state index contributed by atoms with van der Waals surface area (Å²) < 4.78 is 61.0. The highest BCUT2D eigenvalue weighted by molar-refractivity contribution is 6.35. The molecule has 0 aliphatic heterocycles. The third-order valence-corrected chi connectivity index (χ3v) is 8.14. The second-order valence-electron chi connectivity index (χ2n) is 11.0. The first kappa shape index (κ1) is 51.8. The van der Waals surface area contributed by atoms with E-state index in [1.807, 2.05) is 0 Å². The Bertz CT molecular complexity index is 2340. The monoisotopic (exact) mass is 924 g/mol. The van der Waals surface area contributed by atoms with Gasteiger partial charge in [-0.1, -0.05) is 53.8 Å². The summed E-state index contributed by atoms with van der Waals surface area (Å²) in [6.45, 7) is 5.52. The largest absolute Gasteiger partial charge is 0.477 e. The van der Waals surface area contributed by atoms with Gasteiger partial charge in [0.2, 0.25) is 0 Å². The zero-order valence-corrected chi connectivity index (χ0v) is 34.1. The average Bonchev–Trinajstić information content (AvgIpc) is 3.78. The first-order valence-electron chi connectivity index (χ1n) is 16.2. The predicted octanol–water partition coefficient (Wildman–Crippen LogP) is 11.4. The summed E-state index contributed by atoms with van der Waals surface area (Å²) in [7, 11) is 0. The van der Waals surface area contributed by atoms with E-state index in [0.29, 0.717) is 45.5 Å². The summed E-state index contributed by atoms with van der Waals surface area (Å²) in [6, 6.07) is 16.4. The van der Waals surface area contributed by atoms with Crippen molar-refractivity contribution in [2.24, 2.45) is 10.9 Å². The molecule has 59 heavy (non-hydrogen) atoms. The number of nitrogens with one attached hydrogen (secondary N) is 4. The Hall–Kier alpha value is -5.23. The number of nitrogens with zero attached hydrogens (tertiary/aromatic N) is 1. The quantitative estimate of drug-likeness (QED) is 0.0284. The summed E-state index contributed by atoms with van der Waals surface area (Å²) in [5.41, 5.74) is 7.60. The van der Waals surface area contributed by atoms with Crippen molar-refractivity contribution in [3.8, 4) is 0 Å². The molecule has 0 aliphatic rings. The Morgan fingerprint density at radius 1 is 0.695 bits per heavy atom. The molecule has 12 nitrogen and oxygen atoms in total. The number of halogens is 9. The van der Waals surface area contributed by atoms with Crippen molar-refractivity contribution in [1.29, 1.82) is 0 Å². The number of hydrogen-bond acceptors (Lipinski definition) is 9. The molecule has 0 saturated heterocycles. The number of carboxylic acids is 1. The molecule has 21 heteroatoms. The topological polar surface area (TPSA) is 184 Å². The fraction of sp³-hybridized carbons (Fsp3) is 0.158. The maximum Gasteiger partial charge on any atom is 0.354 e. The Morgan fingerprint density at radius 2 is 1.14 bits per heavy atom. The number of H-pyrrole nitrogens is 2. The van der Waals surface area contributed by atoms with E-state index in [4.69, 9.17) is 66.8 Å². The lowest BCUT2D eigenvalue weighted by molar-refractivity contribution is -0.135. The minimum Gasteiger partial charge on any atom is -0.477 e. The third-order valence-electron chi connectivity index (χ3n) is 6.98. The zero-order valence-electron chi connectivity index (χ0n) is 30.3. The number of anilines is 2. The lowest BCUT2D eigenvalue weighted by atomic mass is 10.2. The highest BCUT2D eigenvalue weighted by Gasteiger charge is 2.13. The number of nitrogen functional groups attached to an aromatic ring is 1. The number of ether oxygens (including phenoxy) is 2. The molecule has 2 heterocycles. The summed E-state index contributed by atoms with van der Waals surface area (Å²) >= 11 is 22.2. The van der Waals surface area contributed by atoms with E-state index in [1.165, 1.54) is 79.7 Å². The highest BCUT2D eigenvalue weighted by atomic mass is 35.5. The molecular weight excluding hydrogens is 890 g/mol. The molecule has 0 radical (unpaired) electrons. The first-order valence-corrected chi connectivity index (χ1v) is 17.7. The van der Waals surface area contributed by atoms with E-state index >= 15 is 0 Å². The minimum atomic E-state index is -1.09. The van der Waals surface area contributed by atoms with Gasteiger partial charge in [0.05, 0.1) is 44.7 Å². The summed E-state index contributed by atoms with van der Waals surface area (Å²) in [5, 5.41) is 13.6. The van der Waals surface area contributed by atoms with Gasteiger partial charge in [0.1, 0.15) is 40.4 Å². The first-order chi connectivity index (χ1) is 27.0. The van der Waals surface area contributed by atoms with Crippen LogP contribution in [-0.2, 0) is 14.3 Å². The number of carboxylic acid groups (broad SMARTS) is 1. The van der Waals surface area contributed by atoms with Crippen molar-refractivity contribution < 1.29 is 46.5 Å². The molecule has 0 amide bonds. The number of aromatic carboxylic acids is 1. The van der Waals surface area contributed by atoms with Gasteiger partial charge in [-0.05, 0) is 93.6 Å². The molecule has 6 rings (SSSR count). The van der Waals surface area contributed by atoms with Crippen molar-refractivity contribution in [2.45, 2.75) is 28.2 Å². The normalized spacial score (nSPS) is 10.3. The molecule has 2 aromatic heterocycles. The molecule has 0 fully saturated rings. The van der Waals surface area contributed by atoms with Gasteiger partial charge < -0.3 is 30.0 Å². The van der Waals surface area contributed by atoms with Gasteiger partial charge in [-0.25, -0.2) is 31.9 Å². The molecule has 7 N–H and O–H groups in total. The molecule has 6 aromatic rings. The number of benzene rings is 4. The fourth-order valence-electron chi connectivity index (χ4n) is 4.27. The molecule has 0 unspecified atom stereocenters. The predicted molar refractivity (Wildman–Crippen MR) is 227 cm³/mol. The summed E-state index contributed by atoms with van der Waals surface area (Å²) in [4.78, 5) is 38.6. The number of carbonyl (C=O) groups is 3. The number of aromatic nitrogens is 2. The van der Waals surface area contributed by atoms with Gasteiger partial charge in [0.25, 0.3) is 0 Å². The lowest BCUT2D eigenvalue weighted by Crippen LogP contribution is -2.15. The van der Waals surface area contributed by atoms with Crippen molar-refractivity contribution in [2.75, 3.05) is 24.1 Å². The van der Waals surface area contributed by atoms with Crippen LogP contribution in [0.4, 0.5) is 28.9 Å². The van der Waals surface area contributed by atoms with E-state index in [2.05, 4.69) is 25.9 Å². The molecule has 0 aliphatic carbocycles. The van der Waals surface area contributed by atoms with Crippen LogP contribution < -0.4 is 16.7 Å². The van der Waals surface area contributed by atoms with E-state index < -0.39 is 41.2 Å². The number of fused-ring (bicyclic) bond motifs is 2. The number of hydrazine groups is 1. The molecule has 0 bridgehead atoms. The van der Waals surface area contributed by atoms with Crippen molar-refractivity contribution in [3.05, 3.63) is 128 Å². The number of nitrogens with two attached hydrogens (primary N) is 1. The van der Waals surface area contributed by atoms with E-state index in [-0.39, 0.29) is 57.9 Å². The van der Waals surface area contributed by atoms with Crippen LogP contribution in [0.25, 0.3) is 21.8 Å². The number of carbonyl (C=O) groups excluding carboxylic acids is 2. The smallest absolute Gasteiger partial charge is 0.354 e. The maximum atomic E-state index is 13.1. The second-order valence-corrected chi connectivity index (χ2v) is 12.7. The van der Waals surface area contributed by atoms with Crippen LogP contribution in [0.5, 0.6) is 0 Å². The minimum absolute atomic E-state index is 0. The van der Waals surface area contributed by atoms with Gasteiger partial charge >= 0.3 is 17.9 Å². The Labute approximate surface area is 361 Å². The Kier molecular flexibility index (Phi) is 21.6. The second kappa shape index (κ2) is 24.6. The number of hydrogen-bond donors (Lipinski definition) is 6. The zero-order chi connectivity index (χ0) is 42.4. The van der Waals surface area contributed by atoms with Crippen LogP contribution in [0.15, 0.2) is 77.9 Å². The lowest BCUT2D eigenvalue weighted by Gasteiger charge is -2.04. The number of aromatic amines is 2. The molecule has 0 spiro atoms. The highest BCUT2D eigenvalue weighted by Crippen LogP contribution is 2.25. The van der Waals surface area contributed by atoms with E-state index in [0.717, 1.165) is 0 Å². The Morgan fingerprint density at radius 3 is 1.59 bits per heavy atom. The van der Waals surface area contributed by atoms with Crippen LogP contribution in [0.1, 0.15) is 49.2 Å². The number of rotatable bonds is 8. The number of esters is 2. The van der Waals surface area contributed by atoms with Gasteiger partial charge in [-0.2, -0.15) is 5.10 Å². The van der Waals surface area contributed by atoms with Crippen molar-refractivity contribution in [3.63, 3.8) is 0 Å². The number of hydrazone groups is 1. The maximum absolute atomic E-state index is 13.1. The molecule has 318 valence electrons. The van der Waals surface area contributed by atoms with Gasteiger partial charge in [0, 0.05) is 21.8 Å². The average molecular weight is 927 g/mol. The molecule has 0 saturated carbocycles. The summed E-state index contributed by atoms with van der Waals surface area (Å²) in [6.07, 6.45) is 0. The SMILES string of the molecule is C.CCOC(=O)/C(C)=N\Nc1ccc(F)c(Cl)c1.CCOC(=O)c1cc2cc(F)c(Cl)cc2[nH]1.Cl.NNc1ccc(F)c(Cl)c1.O=C(O)c1cc2cc(F)c(Cl)cc2[nH]1. The fourth-order valence-corrected chi connectivity index (χ4v) is 4.96.